The predicted molar refractivity (Wildman–Crippen MR) is 62.5 cm³/mol. The fraction of sp³-hybridized carbons (Fsp3) is 0.300. The Bertz CT molecular complexity index is 562. The molecule has 2 heterocycles. The van der Waals surface area contributed by atoms with Gasteiger partial charge in [0.2, 0.25) is 0 Å². The van der Waals surface area contributed by atoms with Crippen molar-refractivity contribution < 1.29 is 14.7 Å². The molecule has 0 aliphatic carbocycles. The predicted octanol–water partition coefficient (Wildman–Crippen LogP) is -0.481. The number of H-pyrrole nitrogens is 1. The van der Waals surface area contributed by atoms with E-state index in [1.807, 2.05) is 0 Å². The van der Waals surface area contributed by atoms with E-state index in [0.29, 0.717) is 19.5 Å². The number of aromatic amines is 1. The van der Waals surface area contributed by atoms with E-state index in [2.05, 4.69) is 25.6 Å². The number of carbonyl (C=O) groups is 2. The first-order valence-electron chi connectivity index (χ1n) is 5.57. The van der Waals surface area contributed by atoms with Crippen LogP contribution in [0.3, 0.4) is 0 Å². The maximum atomic E-state index is 11.7. The first-order valence-corrected chi connectivity index (χ1v) is 5.57. The van der Waals surface area contributed by atoms with Gasteiger partial charge >= 0.3 is 5.97 Å². The molecule has 2 aromatic heterocycles. The van der Waals surface area contributed by atoms with Crippen molar-refractivity contribution in [2.24, 2.45) is 0 Å². The van der Waals surface area contributed by atoms with Gasteiger partial charge in [0.15, 0.2) is 11.4 Å². The molecule has 0 fully saturated rings. The lowest BCUT2D eigenvalue weighted by Gasteiger charge is -2.03. The summed E-state index contributed by atoms with van der Waals surface area (Å²) in [6, 6.07) is 0. The second-order valence-electron chi connectivity index (χ2n) is 3.71. The average Bonchev–Trinajstić information content (AvgIpc) is 3.04. The molecule has 0 bridgehead atoms. The van der Waals surface area contributed by atoms with Crippen molar-refractivity contribution in [3.63, 3.8) is 0 Å². The number of hydrogen-bond donors (Lipinski definition) is 3. The lowest BCUT2D eigenvalue weighted by Crippen LogP contribution is -2.27. The van der Waals surface area contributed by atoms with Crippen molar-refractivity contribution in [2.75, 3.05) is 6.54 Å². The summed E-state index contributed by atoms with van der Waals surface area (Å²) in [5, 5.41) is 18.9. The Morgan fingerprint density at radius 2 is 2.32 bits per heavy atom. The third-order valence-electron chi connectivity index (χ3n) is 2.39. The Labute approximate surface area is 107 Å². The average molecular weight is 264 g/mol. The zero-order valence-electron chi connectivity index (χ0n) is 9.91. The van der Waals surface area contributed by atoms with Crippen LogP contribution in [-0.4, -0.2) is 48.5 Å². The van der Waals surface area contributed by atoms with Crippen LogP contribution >= 0.6 is 0 Å². The van der Waals surface area contributed by atoms with Gasteiger partial charge in [-0.1, -0.05) is 5.21 Å². The Balaban J connectivity index is 1.81. The minimum absolute atomic E-state index is 0.117. The number of amides is 1. The summed E-state index contributed by atoms with van der Waals surface area (Å²) >= 11 is 0. The summed E-state index contributed by atoms with van der Waals surface area (Å²) < 4.78 is 1.64. The number of nitrogens with one attached hydrogen (secondary N) is 2. The lowest BCUT2D eigenvalue weighted by molar-refractivity contribution is 0.0685. The van der Waals surface area contributed by atoms with Gasteiger partial charge in [-0.3, -0.25) is 9.48 Å². The second kappa shape index (κ2) is 5.76. The van der Waals surface area contributed by atoms with Gasteiger partial charge in [0.25, 0.3) is 5.91 Å². The van der Waals surface area contributed by atoms with Gasteiger partial charge in [-0.15, -0.1) is 5.10 Å². The molecule has 0 spiro atoms. The first kappa shape index (κ1) is 12.7. The normalized spacial score (nSPS) is 10.3. The SMILES string of the molecule is O=C(NCCCn1ccnn1)c1nc[nH]c1C(=O)O. The summed E-state index contributed by atoms with van der Waals surface area (Å²) in [6.45, 7) is 1.01. The second-order valence-corrected chi connectivity index (χ2v) is 3.71. The Morgan fingerprint density at radius 1 is 1.47 bits per heavy atom. The van der Waals surface area contributed by atoms with Crippen LogP contribution in [0, 0.1) is 0 Å². The zero-order valence-corrected chi connectivity index (χ0v) is 9.91. The van der Waals surface area contributed by atoms with Crippen LogP contribution in [0.5, 0.6) is 0 Å². The fourth-order valence-electron chi connectivity index (χ4n) is 1.51. The monoisotopic (exact) mass is 264 g/mol. The molecule has 0 aliphatic rings. The van der Waals surface area contributed by atoms with E-state index in [4.69, 9.17) is 5.11 Å². The number of hydrogen-bond acceptors (Lipinski definition) is 5. The molecule has 0 aliphatic heterocycles. The number of rotatable bonds is 6. The van der Waals surface area contributed by atoms with Crippen molar-refractivity contribution in [2.45, 2.75) is 13.0 Å². The van der Waals surface area contributed by atoms with Crippen LogP contribution in [-0.2, 0) is 6.54 Å². The Kier molecular flexibility index (Phi) is 3.86. The molecular formula is C10H12N6O3. The van der Waals surface area contributed by atoms with E-state index in [-0.39, 0.29) is 11.4 Å². The van der Waals surface area contributed by atoms with Crippen LogP contribution in [0.25, 0.3) is 0 Å². The van der Waals surface area contributed by atoms with Crippen molar-refractivity contribution in [3.05, 3.63) is 30.1 Å². The molecule has 0 atom stereocenters. The maximum absolute atomic E-state index is 11.7. The van der Waals surface area contributed by atoms with E-state index in [0.717, 1.165) is 0 Å². The molecule has 19 heavy (non-hydrogen) atoms. The largest absolute Gasteiger partial charge is 0.477 e. The summed E-state index contributed by atoms with van der Waals surface area (Å²) in [4.78, 5) is 28.6. The van der Waals surface area contributed by atoms with E-state index >= 15 is 0 Å². The van der Waals surface area contributed by atoms with Crippen molar-refractivity contribution in [3.8, 4) is 0 Å². The highest BCUT2D eigenvalue weighted by Gasteiger charge is 2.18. The molecule has 0 saturated carbocycles. The summed E-state index contributed by atoms with van der Waals surface area (Å²) in [6.07, 6.45) is 5.12. The molecule has 2 aromatic rings. The fourth-order valence-corrected chi connectivity index (χ4v) is 1.51. The number of nitrogens with zero attached hydrogens (tertiary/aromatic N) is 4. The minimum atomic E-state index is -1.22. The van der Waals surface area contributed by atoms with Gasteiger partial charge in [-0.25, -0.2) is 9.78 Å². The van der Waals surface area contributed by atoms with Gasteiger partial charge in [-0.2, -0.15) is 0 Å². The van der Waals surface area contributed by atoms with Crippen LogP contribution in [0.2, 0.25) is 0 Å². The zero-order chi connectivity index (χ0) is 13.7. The van der Waals surface area contributed by atoms with E-state index < -0.39 is 11.9 Å². The molecule has 0 radical (unpaired) electrons. The number of aromatic nitrogens is 5. The molecule has 0 aromatic carbocycles. The van der Waals surface area contributed by atoms with Crippen LogP contribution in [0.15, 0.2) is 18.7 Å². The van der Waals surface area contributed by atoms with Gasteiger partial charge in [0, 0.05) is 19.3 Å². The summed E-state index contributed by atoms with van der Waals surface area (Å²) in [7, 11) is 0. The van der Waals surface area contributed by atoms with E-state index in [1.165, 1.54) is 6.33 Å². The molecule has 100 valence electrons. The maximum Gasteiger partial charge on any atom is 0.354 e. The van der Waals surface area contributed by atoms with Crippen LogP contribution in [0.1, 0.15) is 27.4 Å². The van der Waals surface area contributed by atoms with Crippen molar-refractivity contribution in [1.29, 1.82) is 0 Å². The number of carboxylic acid groups (broad SMARTS) is 1. The molecule has 9 heteroatoms. The highest BCUT2D eigenvalue weighted by Crippen LogP contribution is 2.02. The van der Waals surface area contributed by atoms with E-state index in [1.54, 1.807) is 17.1 Å². The highest BCUT2D eigenvalue weighted by molar-refractivity contribution is 6.02. The van der Waals surface area contributed by atoms with Gasteiger partial charge in [0.1, 0.15) is 0 Å². The molecule has 1 amide bonds. The number of carbonyl (C=O) groups excluding carboxylic acids is 1. The molecular weight excluding hydrogens is 252 g/mol. The third-order valence-corrected chi connectivity index (χ3v) is 2.39. The molecule has 2 rings (SSSR count). The third kappa shape index (κ3) is 3.15. The van der Waals surface area contributed by atoms with Gasteiger partial charge in [-0.05, 0) is 6.42 Å². The topological polar surface area (TPSA) is 126 Å². The first-order chi connectivity index (χ1) is 9.18. The van der Waals surface area contributed by atoms with Gasteiger partial charge < -0.3 is 15.4 Å². The summed E-state index contributed by atoms with van der Waals surface area (Å²) in [5.74, 6) is -1.73. The smallest absolute Gasteiger partial charge is 0.354 e. The van der Waals surface area contributed by atoms with Crippen molar-refractivity contribution >= 4 is 11.9 Å². The minimum Gasteiger partial charge on any atom is -0.477 e. The van der Waals surface area contributed by atoms with Crippen LogP contribution in [0.4, 0.5) is 0 Å². The highest BCUT2D eigenvalue weighted by atomic mass is 16.4. The molecule has 0 saturated heterocycles. The van der Waals surface area contributed by atoms with Gasteiger partial charge in [0.05, 0.1) is 12.5 Å². The number of imidazole rings is 1. The number of carboxylic acids is 1. The number of aromatic carboxylic acids is 1. The quantitative estimate of drug-likeness (QED) is 0.605. The van der Waals surface area contributed by atoms with E-state index in [9.17, 15) is 9.59 Å². The Hall–Kier alpha value is -2.71. The molecule has 9 nitrogen and oxygen atoms in total. The summed E-state index contributed by atoms with van der Waals surface area (Å²) in [5.41, 5.74) is -0.331. The van der Waals surface area contributed by atoms with Crippen molar-refractivity contribution in [1.82, 2.24) is 30.3 Å². The van der Waals surface area contributed by atoms with Crippen LogP contribution < -0.4 is 5.32 Å². The lowest BCUT2D eigenvalue weighted by atomic mass is 10.3. The number of aryl methyl sites for hydroxylation is 1. The standard InChI is InChI=1S/C10H12N6O3/c17-9(7-8(10(18)19)13-6-12-7)11-2-1-4-16-5-3-14-15-16/h3,5-6H,1-2,4H2,(H,11,17)(H,12,13)(H,18,19). The molecule has 3 N–H and O–H groups in total. The Morgan fingerprint density at radius 3 is 3.00 bits per heavy atom. The molecule has 0 unspecified atom stereocenters.